The highest BCUT2D eigenvalue weighted by molar-refractivity contribution is 5.10. The van der Waals surface area contributed by atoms with Gasteiger partial charge in [-0.1, -0.05) is 13.3 Å². The molecule has 1 atom stereocenters. The van der Waals surface area contributed by atoms with Gasteiger partial charge in [-0.15, -0.1) is 0 Å². The summed E-state index contributed by atoms with van der Waals surface area (Å²) in [6, 6.07) is 0. The Kier molecular flexibility index (Phi) is 2.41. The lowest BCUT2D eigenvalue weighted by Crippen LogP contribution is -2.61. The van der Waals surface area contributed by atoms with Gasteiger partial charge in [0.25, 0.3) is 0 Å². The summed E-state index contributed by atoms with van der Waals surface area (Å²) in [6.45, 7) is 4.63. The van der Waals surface area contributed by atoms with Gasteiger partial charge in [-0.25, -0.2) is 0 Å². The Hall–Kier alpha value is -0.0400. The Bertz CT molecular complexity index is 244. The molecule has 1 nitrogen and oxygen atoms in total. The summed E-state index contributed by atoms with van der Waals surface area (Å²) in [7, 11) is 0. The van der Waals surface area contributed by atoms with Crippen molar-refractivity contribution in [1.29, 1.82) is 0 Å². The van der Waals surface area contributed by atoms with E-state index < -0.39 is 0 Å². The number of hydrogen-bond acceptors (Lipinski definition) is 1. The zero-order valence-electron chi connectivity index (χ0n) is 11.0. The van der Waals surface area contributed by atoms with E-state index in [0.717, 1.165) is 17.8 Å². The van der Waals surface area contributed by atoms with Crippen LogP contribution in [0.15, 0.2) is 0 Å². The Morgan fingerprint density at radius 1 is 1.06 bits per heavy atom. The molecule has 16 heavy (non-hydrogen) atoms. The van der Waals surface area contributed by atoms with E-state index in [4.69, 9.17) is 5.73 Å². The molecule has 0 amide bonds. The normalized spacial score (nSPS) is 49.3. The van der Waals surface area contributed by atoms with E-state index in [9.17, 15) is 0 Å². The molecule has 2 N–H and O–H groups in total. The molecule has 0 aromatic heterocycles. The molecule has 0 aromatic carbocycles. The molecule has 0 radical (unpaired) electrons. The number of nitrogens with two attached hydrogens (primary N) is 1. The summed E-state index contributed by atoms with van der Waals surface area (Å²) in [5.41, 5.74) is 7.36. The highest BCUT2D eigenvalue weighted by Gasteiger charge is 2.56. The van der Waals surface area contributed by atoms with Crippen molar-refractivity contribution < 1.29 is 0 Å². The van der Waals surface area contributed by atoms with E-state index in [0.29, 0.717) is 5.41 Å². The molecule has 4 bridgehead atoms. The average molecular weight is 221 g/mol. The molecule has 4 fully saturated rings. The topological polar surface area (TPSA) is 26.0 Å². The summed E-state index contributed by atoms with van der Waals surface area (Å²) >= 11 is 0. The fraction of sp³-hybridized carbons (Fsp3) is 1.00. The van der Waals surface area contributed by atoms with Crippen LogP contribution < -0.4 is 5.73 Å². The van der Waals surface area contributed by atoms with Crippen molar-refractivity contribution in [3.05, 3.63) is 0 Å². The maximum absolute atomic E-state index is 6.73. The monoisotopic (exact) mass is 221 g/mol. The first-order valence-corrected chi connectivity index (χ1v) is 7.33. The third-order valence-electron chi connectivity index (χ3n) is 6.02. The fourth-order valence-electron chi connectivity index (χ4n) is 5.59. The second kappa shape index (κ2) is 3.48. The summed E-state index contributed by atoms with van der Waals surface area (Å²) in [5, 5.41) is 0. The molecule has 4 aliphatic carbocycles. The van der Waals surface area contributed by atoms with Crippen LogP contribution in [0.25, 0.3) is 0 Å². The van der Waals surface area contributed by atoms with Gasteiger partial charge in [0.2, 0.25) is 0 Å². The molecule has 0 aliphatic heterocycles. The minimum Gasteiger partial charge on any atom is -0.325 e. The van der Waals surface area contributed by atoms with Crippen LogP contribution in [-0.4, -0.2) is 5.54 Å². The van der Waals surface area contributed by atoms with Gasteiger partial charge < -0.3 is 5.73 Å². The van der Waals surface area contributed by atoms with E-state index >= 15 is 0 Å². The molecule has 0 aromatic rings. The van der Waals surface area contributed by atoms with Gasteiger partial charge in [0.1, 0.15) is 0 Å². The van der Waals surface area contributed by atoms with E-state index in [1.807, 2.05) is 0 Å². The van der Waals surface area contributed by atoms with Crippen molar-refractivity contribution in [1.82, 2.24) is 0 Å². The molecule has 92 valence electrons. The third-order valence-corrected chi connectivity index (χ3v) is 6.02. The molecular weight excluding hydrogens is 194 g/mol. The van der Waals surface area contributed by atoms with E-state index in [2.05, 4.69) is 13.8 Å². The number of rotatable bonds is 3. The van der Waals surface area contributed by atoms with Crippen molar-refractivity contribution in [2.24, 2.45) is 28.9 Å². The van der Waals surface area contributed by atoms with Crippen LogP contribution >= 0.6 is 0 Å². The predicted octanol–water partition coefficient (Wildman–Crippen LogP) is 3.72. The Labute approximate surface area is 100 Å². The number of hydrogen-bond donors (Lipinski definition) is 1. The SMILES string of the molecule is CCCC(C)(N)C12CC3CC(CC(C3)C1)C2. The van der Waals surface area contributed by atoms with Crippen LogP contribution in [0.5, 0.6) is 0 Å². The van der Waals surface area contributed by atoms with Crippen molar-refractivity contribution in [3.63, 3.8) is 0 Å². The third kappa shape index (κ3) is 1.47. The van der Waals surface area contributed by atoms with Crippen molar-refractivity contribution in [2.75, 3.05) is 0 Å². The van der Waals surface area contributed by atoms with E-state index in [1.54, 1.807) is 0 Å². The lowest BCUT2D eigenvalue weighted by atomic mass is 9.44. The molecule has 4 aliphatic rings. The fourth-order valence-corrected chi connectivity index (χ4v) is 5.59. The zero-order chi connectivity index (χ0) is 11.4. The van der Waals surface area contributed by atoms with Gasteiger partial charge in [0, 0.05) is 5.54 Å². The maximum Gasteiger partial charge on any atom is 0.0182 e. The summed E-state index contributed by atoms with van der Waals surface area (Å²) in [4.78, 5) is 0. The van der Waals surface area contributed by atoms with Crippen LogP contribution in [0.1, 0.15) is 65.2 Å². The van der Waals surface area contributed by atoms with Gasteiger partial charge in [-0.2, -0.15) is 0 Å². The molecule has 4 rings (SSSR count). The van der Waals surface area contributed by atoms with Gasteiger partial charge in [0.15, 0.2) is 0 Å². The van der Waals surface area contributed by atoms with Crippen LogP contribution in [0.2, 0.25) is 0 Å². The van der Waals surface area contributed by atoms with Crippen LogP contribution in [0, 0.1) is 23.2 Å². The molecule has 1 heteroatoms. The second-order valence-electron chi connectivity index (χ2n) is 7.37. The van der Waals surface area contributed by atoms with Gasteiger partial charge in [-0.05, 0) is 75.0 Å². The molecular formula is C15H27N. The Morgan fingerprint density at radius 3 is 1.88 bits per heavy atom. The van der Waals surface area contributed by atoms with Gasteiger partial charge in [0.05, 0.1) is 0 Å². The van der Waals surface area contributed by atoms with Crippen molar-refractivity contribution in [2.45, 2.75) is 70.8 Å². The average Bonchev–Trinajstić information content (AvgIpc) is 2.14. The summed E-state index contributed by atoms with van der Waals surface area (Å²) in [6.07, 6.45) is 11.4. The minimum atomic E-state index is 0.109. The summed E-state index contributed by atoms with van der Waals surface area (Å²) < 4.78 is 0. The van der Waals surface area contributed by atoms with Crippen molar-refractivity contribution in [3.8, 4) is 0 Å². The standard InChI is InChI=1S/C15H27N/c1-3-4-14(2,16)15-8-11-5-12(9-15)7-13(6-11)10-15/h11-13H,3-10,16H2,1-2H3. The van der Waals surface area contributed by atoms with Crippen LogP contribution in [-0.2, 0) is 0 Å². The highest BCUT2D eigenvalue weighted by atomic mass is 14.8. The first-order valence-electron chi connectivity index (χ1n) is 7.33. The lowest BCUT2D eigenvalue weighted by Gasteiger charge is -2.62. The smallest absolute Gasteiger partial charge is 0.0182 e. The van der Waals surface area contributed by atoms with Crippen molar-refractivity contribution >= 4 is 0 Å². The second-order valence-corrected chi connectivity index (χ2v) is 7.37. The summed E-state index contributed by atoms with van der Waals surface area (Å²) in [5.74, 6) is 3.10. The first kappa shape index (κ1) is 11.1. The van der Waals surface area contributed by atoms with Crippen LogP contribution in [0.4, 0.5) is 0 Å². The predicted molar refractivity (Wildman–Crippen MR) is 68.1 cm³/mol. The molecule has 4 saturated carbocycles. The molecule has 0 saturated heterocycles. The maximum atomic E-state index is 6.73. The molecule has 0 heterocycles. The van der Waals surface area contributed by atoms with Gasteiger partial charge >= 0.3 is 0 Å². The molecule has 0 spiro atoms. The van der Waals surface area contributed by atoms with E-state index in [-0.39, 0.29) is 5.54 Å². The first-order chi connectivity index (χ1) is 7.55. The highest BCUT2D eigenvalue weighted by Crippen LogP contribution is 2.63. The largest absolute Gasteiger partial charge is 0.325 e. The Morgan fingerprint density at radius 2 is 1.50 bits per heavy atom. The van der Waals surface area contributed by atoms with Gasteiger partial charge in [-0.3, -0.25) is 0 Å². The quantitative estimate of drug-likeness (QED) is 0.772. The van der Waals surface area contributed by atoms with Crippen LogP contribution in [0.3, 0.4) is 0 Å². The minimum absolute atomic E-state index is 0.109. The molecule has 1 unspecified atom stereocenters. The zero-order valence-corrected chi connectivity index (χ0v) is 11.0. The lowest BCUT2D eigenvalue weighted by molar-refractivity contribution is -0.0951. The Balaban J connectivity index is 1.88. The van der Waals surface area contributed by atoms with E-state index in [1.165, 1.54) is 51.4 Å².